The maximum absolute atomic E-state index is 12.9. The Hall–Kier alpha value is -1.69. The highest BCUT2D eigenvalue weighted by Crippen LogP contribution is 2.33. The average Bonchev–Trinajstić information content (AvgIpc) is 3.17. The molecule has 0 bridgehead atoms. The van der Waals surface area contributed by atoms with Crippen molar-refractivity contribution in [3.8, 4) is 0 Å². The molecular formula is C17H22N4OS. The number of hydrogen-bond acceptors (Lipinski definition) is 5. The van der Waals surface area contributed by atoms with Gasteiger partial charge in [-0.05, 0) is 43.0 Å². The number of fused-ring (bicyclic) bond motifs is 1. The number of rotatable bonds is 4. The predicted molar refractivity (Wildman–Crippen MR) is 92.8 cm³/mol. The molecule has 0 aromatic carbocycles. The quantitative estimate of drug-likeness (QED) is 0.865. The van der Waals surface area contributed by atoms with Crippen molar-refractivity contribution < 1.29 is 4.79 Å². The second kappa shape index (κ2) is 6.07. The van der Waals surface area contributed by atoms with Crippen molar-refractivity contribution in [3.05, 3.63) is 17.8 Å². The lowest BCUT2D eigenvalue weighted by molar-refractivity contribution is -0.132. The maximum Gasteiger partial charge on any atom is 0.245 e. The van der Waals surface area contributed by atoms with Crippen LogP contribution in [0.15, 0.2) is 17.8 Å². The summed E-state index contributed by atoms with van der Waals surface area (Å²) in [7, 11) is 1.96. The molecule has 2 aromatic rings. The smallest absolute Gasteiger partial charge is 0.245 e. The minimum absolute atomic E-state index is 0.0712. The van der Waals surface area contributed by atoms with E-state index in [9.17, 15) is 4.79 Å². The van der Waals surface area contributed by atoms with Gasteiger partial charge in [-0.3, -0.25) is 4.79 Å². The van der Waals surface area contributed by atoms with Crippen molar-refractivity contribution in [2.24, 2.45) is 5.92 Å². The van der Waals surface area contributed by atoms with E-state index in [0.29, 0.717) is 5.92 Å². The standard InChI is InChI=1S/C17H22N4OS/c1-20(10-12-4-2-5-12)17(22)14-6-3-8-21(14)15-13-7-9-23-16(13)19-11-18-15/h7,9,11-12,14H,2-6,8,10H2,1H3. The molecular weight excluding hydrogens is 308 g/mol. The van der Waals surface area contributed by atoms with E-state index in [1.165, 1.54) is 19.3 Å². The van der Waals surface area contributed by atoms with E-state index in [1.54, 1.807) is 17.7 Å². The van der Waals surface area contributed by atoms with Crippen LogP contribution in [0.2, 0.25) is 0 Å². The fourth-order valence-electron chi connectivity index (χ4n) is 3.69. The Morgan fingerprint density at radius 1 is 1.35 bits per heavy atom. The molecule has 1 amide bonds. The van der Waals surface area contributed by atoms with Crippen LogP contribution in [0.5, 0.6) is 0 Å². The van der Waals surface area contributed by atoms with Crippen LogP contribution in [0.3, 0.4) is 0 Å². The van der Waals surface area contributed by atoms with Gasteiger partial charge in [0.05, 0.1) is 5.39 Å². The largest absolute Gasteiger partial charge is 0.344 e. The summed E-state index contributed by atoms with van der Waals surface area (Å²) in [5.74, 6) is 1.88. The molecule has 0 spiro atoms. The molecule has 1 saturated heterocycles. The van der Waals surface area contributed by atoms with Gasteiger partial charge in [-0.15, -0.1) is 11.3 Å². The summed E-state index contributed by atoms with van der Waals surface area (Å²) in [6.45, 7) is 1.80. The first-order valence-electron chi connectivity index (χ1n) is 8.44. The Kier molecular flexibility index (Phi) is 3.93. The van der Waals surface area contributed by atoms with E-state index in [4.69, 9.17) is 0 Å². The fraction of sp³-hybridized carbons (Fsp3) is 0.588. The van der Waals surface area contributed by atoms with Crippen LogP contribution in [-0.4, -0.2) is 47.0 Å². The van der Waals surface area contributed by atoms with E-state index >= 15 is 0 Å². The fourth-order valence-corrected chi connectivity index (χ4v) is 4.42. The van der Waals surface area contributed by atoms with Gasteiger partial charge in [0.15, 0.2) is 0 Å². The first-order valence-corrected chi connectivity index (χ1v) is 9.32. The molecule has 0 radical (unpaired) electrons. The number of likely N-dealkylation sites (N-methyl/N-ethyl adjacent to an activating group) is 1. The summed E-state index contributed by atoms with van der Waals surface area (Å²) in [6, 6.07) is 1.99. The lowest BCUT2D eigenvalue weighted by Crippen LogP contribution is -2.46. The zero-order chi connectivity index (χ0) is 15.8. The van der Waals surface area contributed by atoms with Crippen molar-refractivity contribution >= 4 is 33.3 Å². The van der Waals surface area contributed by atoms with Crippen LogP contribution >= 0.6 is 11.3 Å². The lowest BCUT2D eigenvalue weighted by Gasteiger charge is -2.33. The van der Waals surface area contributed by atoms with Crippen molar-refractivity contribution in [2.45, 2.75) is 38.1 Å². The van der Waals surface area contributed by atoms with Crippen LogP contribution in [0.25, 0.3) is 10.2 Å². The van der Waals surface area contributed by atoms with Crippen LogP contribution in [0.4, 0.5) is 5.82 Å². The lowest BCUT2D eigenvalue weighted by atomic mass is 9.85. The Labute approximate surface area is 140 Å². The van der Waals surface area contributed by atoms with Crippen molar-refractivity contribution in [1.82, 2.24) is 14.9 Å². The van der Waals surface area contributed by atoms with Gasteiger partial charge < -0.3 is 9.80 Å². The highest BCUT2D eigenvalue weighted by Gasteiger charge is 2.35. The number of nitrogens with zero attached hydrogens (tertiary/aromatic N) is 4. The third-order valence-electron chi connectivity index (χ3n) is 5.18. The van der Waals surface area contributed by atoms with E-state index in [2.05, 4.69) is 20.9 Å². The average molecular weight is 330 g/mol. The van der Waals surface area contributed by atoms with Gasteiger partial charge in [-0.25, -0.2) is 9.97 Å². The van der Waals surface area contributed by atoms with Crippen LogP contribution in [0.1, 0.15) is 32.1 Å². The van der Waals surface area contributed by atoms with Crippen LogP contribution in [-0.2, 0) is 4.79 Å². The molecule has 3 heterocycles. The number of carbonyl (C=O) groups is 1. The SMILES string of the molecule is CN(CC1CCC1)C(=O)C1CCCN1c1ncnc2sccc12. The molecule has 1 aliphatic carbocycles. The van der Waals surface area contributed by atoms with Gasteiger partial charge in [0.25, 0.3) is 0 Å². The molecule has 1 saturated carbocycles. The monoisotopic (exact) mass is 330 g/mol. The minimum atomic E-state index is -0.0712. The topological polar surface area (TPSA) is 49.3 Å². The molecule has 6 heteroatoms. The Morgan fingerprint density at radius 3 is 3.00 bits per heavy atom. The van der Waals surface area contributed by atoms with E-state index in [1.807, 2.05) is 17.3 Å². The predicted octanol–water partition coefficient (Wildman–Crippen LogP) is 2.92. The molecule has 23 heavy (non-hydrogen) atoms. The maximum atomic E-state index is 12.9. The van der Waals surface area contributed by atoms with Crippen molar-refractivity contribution in [3.63, 3.8) is 0 Å². The third kappa shape index (κ3) is 2.69. The van der Waals surface area contributed by atoms with Gasteiger partial charge in [-0.2, -0.15) is 0 Å². The molecule has 2 aromatic heterocycles. The van der Waals surface area contributed by atoms with Crippen molar-refractivity contribution in [1.29, 1.82) is 0 Å². The Morgan fingerprint density at radius 2 is 2.22 bits per heavy atom. The van der Waals surface area contributed by atoms with Crippen LogP contribution in [0, 0.1) is 5.92 Å². The first kappa shape index (κ1) is 14.9. The normalized spacial score (nSPS) is 21.6. The van der Waals surface area contributed by atoms with Gasteiger partial charge in [0.1, 0.15) is 23.0 Å². The zero-order valence-corrected chi connectivity index (χ0v) is 14.3. The number of amides is 1. The molecule has 2 aliphatic rings. The second-order valence-electron chi connectivity index (χ2n) is 6.70. The summed E-state index contributed by atoms with van der Waals surface area (Å²) in [6.07, 6.45) is 7.44. The number of hydrogen-bond donors (Lipinski definition) is 0. The number of thiophene rings is 1. The van der Waals surface area contributed by atoms with Gasteiger partial charge >= 0.3 is 0 Å². The molecule has 1 aliphatic heterocycles. The van der Waals surface area contributed by atoms with Gasteiger partial charge in [-0.1, -0.05) is 6.42 Å². The molecule has 1 unspecified atom stereocenters. The zero-order valence-electron chi connectivity index (χ0n) is 13.4. The second-order valence-corrected chi connectivity index (χ2v) is 7.60. The number of carbonyl (C=O) groups excluding carboxylic acids is 1. The molecule has 5 nitrogen and oxygen atoms in total. The number of anilines is 1. The molecule has 2 fully saturated rings. The van der Waals surface area contributed by atoms with E-state index in [0.717, 1.165) is 42.0 Å². The first-order chi connectivity index (χ1) is 11.2. The third-order valence-corrected chi connectivity index (χ3v) is 6.00. The minimum Gasteiger partial charge on any atom is -0.344 e. The summed E-state index contributed by atoms with van der Waals surface area (Å²) in [5, 5.41) is 3.11. The van der Waals surface area contributed by atoms with Crippen LogP contribution < -0.4 is 4.90 Å². The summed E-state index contributed by atoms with van der Waals surface area (Å²) in [4.78, 5) is 26.9. The molecule has 0 N–H and O–H groups in total. The molecule has 4 rings (SSSR count). The van der Waals surface area contributed by atoms with Gasteiger partial charge in [0.2, 0.25) is 5.91 Å². The summed E-state index contributed by atoms with van der Waals surface area (Å²) >= 11 is 1.62. The summed E-state index contributed by atoms with van der Waals surface area (Å²) < 4.78 is 0. The van der Waals surface area contributed by atoms with E-state index < -0.39 is 0 Å². The van der Waals surface area contributed by atoms with E-state index in [-0.39, 0.29) is 11.9 Å². The molecule has 1 atom stereocenters. The Bertz CT molecular complexity index is 711. The number of aromatic nitrogens is 2. The highest BCUT2D eigenvalue weighted by molar-refractivity contribution is 7.16. The summed E-state index contributed by atoms with van der Waals surface area (Å²) in [5.41, 5.74) is 0. The van der Waals surface area contributed by atoms with Gasteiger partial charge in [0, 0.05) is 20.1 Å². The Balaban J connectivity index is 1.56. The molecule has 122 valence electrons. The van der Waals surface area contributed by atoms with Crippen molar-refractivity contribution in [2.75, 3.05) is 25.0 Å². The highest BCUT2D eigenvalue weighted by atomic mass is 32.1.